The molecule has 0 aliphatic heterocycles. The Morgan fingerprint density at radius 1 is 1.23 bits per heavy atom. The molecule has 1 N–H and O–H groups in total. The van der Waals surface area contributed by atoms with Crippen molar-refractivity contribution in [1.29, 1.82) is 0 Å². The van der Waals surface area contributed by atoms with Gasteiger partial charge in [-0.15, -0.1) is 0 Å². The van der Waals surface area contributed by atoms with Gasteiger partial charge in [0.2, 0.25) is 0 Å². The lowest BCUT2D eigenvalue weighted by molar-refractivity contribution is 0.0951. The van der Waals surface area contributed by atoms with Crippen LogP contribution in [0, 0.1) is 0 Å². The summed E-state index contributed by atoms with van der Waals surface area (Å²) in [4.78, 5) is 16.7. The second-order valence-electron chi connectivity index (χ2n) is 4.72. The van der Waals surface area contributed by atoms with Crippen molar-refractivity contribution >= 4 is 33.2 Å². The molecule has 22 heavy (non-hydrogen) atoms. The van der Waals surface area contributed by atoms with Crippen molar-refractivity contribution in [2.75, 3.05) is 0 Å². The van der Waals surface area contributed by atoms with Crippen LogP contribution >= 0.6 is 27.3 Å². The van der Waals surface area contributed by atoms with Crippen molar-refractivity contribution in [3.8, 4) is 11.3 Å². The molecular formula is C17H13BrN2OS. The Hall–Kier alpha value is -1.98. The highest BCUT2D eigenvalue weighted by Gasteiger charge is 2.09. The number of benzene rings is 1. The molecule has 3 nitrogen and oxygen atoms in total. The fourth-order valence-electron chi connectivity index (χ4n) is 2.15. The minimum atomic E-state index is -0.0959. The van der Waals surface area contributed by atoms with Gasteiger partial charge in [-0.25, -0.2) is 0 Å². The number of hydrogen-bond acceptors (Lipinski definition) is 3. The molecule has 0 saturated carbocycles. The zero-order chi connectivity index (χ0) is 15.4. The van der Waals surface area contributed by atoms with Gasteiger partial charge in [-0.2, -0.15) is 11.3 Å². The molecule has 0 fully saturated rings. The molecule has 0 aliphatic rings. The van der Waals surface area contributed by atoms with Crippen LogP contribution in [0.25, 0.3) is 11.3 Å². The lowest BCUT2D eigenvalue weighted by Crippen LogP contribution is -2.23. The number of thiophene rings is 1. The third-order valence-electron chi connectivity index (χ3n) is 3.21. The monoisotopic (exact) mass is 372 g/mol. The van der Waals surface area contributed by atoms with E-state index in [2.05, 4.69) is 31.6 Å². The Balaban J connectivity index is 1.76. The number of nitrogens with one attached hydrogen (secondary N) is 1. The fraction of sp³-hybridized carbons (Fsp3) is 0.0588. The molecule has 0 atom stereocenters. The molecule has 2 aromatic heterocycles. The Morgan fingerprint density at radius 3 is 2.91 bits per heavy atom. The summed E-state index contributed by atoms with van der Waals surface area (Å²) in [6.07, 6.45) is 1.77. The van der Waals surface area contributed by atoms with E-state index in [4.69, 9.17) is 0 Å². The summed E-state index contributed by atoms with van der Waals surface area (Å²) < 4.78 is 0.889. The summed E-state index contributed by atoms with van der Waals surface area (Å²) in [7, 11) is 0. The topological polar surface area (TPSA) is 42.0 Å². The average Bonchev–Trinajstić information content (AvgIpc) is 3.07. The van der Waals surface area contributed by atoms with E-state index in [-0.39, 0.29) is 5.91 Å². The molecule has 2 heterocycles. The predicted molar refractivity (Wildman–Crippen MR) is 92.9 cm³/mol. The molecule has 0 saturated heterocycles. The Kier molecular flexibility index (Phi) is 4.65. The van der Waals surface area contributed by atoms with Crippen LogP contribution in [-0.4, -0.2) is 10.9 Å². The quantitative estimate of drug-likeness (QED) is 0.732. The van der Waals surface area contributed by atoms with Crippen molar-refractivity contribution in [1.82, 2.24) is 10.3 Å². The Bertz CT molecular complexity index is 787. The third kappa shape index (κ3) is 3.43. The summed E-state index contributed by atoms with van der Waals surface area (Å²) >= 11 is 5.01. The van der Waals surface area contributed by atoms with Gasteiger partial charge in [-0.1, -0.05) is 28.1 Å². The summed E-state index contributed by atoms with van der Waals surface area (Å²) in [5, 5.41) is 7.03. The molecule has 0 aliphatic carbocycles. The summed E-state index contributed by atoms with van der Waals surface area (Å²) in [6, 6.07) is 13.2. The molecule has 0 bridgehead atoms. The smallest absolute Gasteiger partial charge is 0.251 e. The maximum Gasteiger partial charge on any atom is 0.251 e. The first-order valence-corrected chi connectivity index (χ1v) is 8.48. The Morgan fingerprint density at radius 2 is 2.14 bits per heavy atom. The molecular weight excluding hydrogens is 360 g/mol. The molecule has 0 spiro atoms. The van der Waals surface area contributed by atoms with Gasteiger partial charge >= 0.3 is 0 Å². The summed E-state index contributed by atoms with van der Waals surface area (Å²) in [5.74, 6) is -0.0959. The highest BCUT2D eigenvalue weighted by Crippen LogP contribution is 2.23. The van der Waals surface area contributed by atoms with E-state index in [1.165, 1.54) is 0 Å². The van der Waals surface area contributed by atoms with Crippen LogP contribution in [0.1, 0.15) is 15.9 Å². The molecule has 1 aromatic carbocycles. The van der Waals surface area contributed by atoms with Gasteiger partial charge in [0, 0.05) is 33.7 Å². The first-order chi connectivity index (χ1) is 10.7. The molecule has 1 amide bonds. The van der Waals surface area contributed by atoms with Crippen molar-refractivity contribution in [3.05, 3.63) is 75.0 Å². The van der Waals surface area contributed by atoms with E-state index in [1.54, 1.807) is 29.7 Å². The van der Waals surface area contributed by atoms with Crippen molar-refractivity contribution in [3.63, 3.8) is 0 Å². The van der Waals surface area contributed by atoms with Gasteiger partial charge in [0.15, 0.2) is 0 Å². The van der Waals surface area contributed by atoms with E-state index in [9.17, 15) is 4.79 Å². The number of pyridine rings is 1. The molecule has 5 heteroatoms. The lowest BCUT2D eigenvalue weighted by Gasteiger charge is -2.09. The first-order valence-electron chi connectivity index (χ1n) is 6.74. The number of rotatable bonds is 4. The van der Waals surface area contributed by atoms with Crippen molar-refractivity contribution in [2.45, 2.75) is 6.54 Å². The lowest BCUT2D eigenvalue weighted by atomic mass is 10.1. The van der Waals surface area contributed by atoms with E-state index in [0.29, 0.717) is 12.1 Å². The summed E-state index contributed by atoms with van der Waals surface area (Å²) in [6.45, 7) is 0.449. The van der Waals surface area contributed by atoms with E-state index in [1.807, 2.05) is 35.7 Å². The van der Waals surface area contributed by atoms with Crippen molar-refractivity contribution < 1.29 is 4.79 Å². The zero-order valence-electron chi connectivity index (χ0n) is 11.6. The van der Waals surface area contributed by atoms with Crippen LogP contribution in [0.5, 0.6) is 0 Å². The molecule has 110 valence electrons. The fourth-order valence-corrected chi connectivity index (χ4v) is 3.19. The SMILES string of the molecule is O=C(NCc1cccnc1-c1ccsc1)c1cccc(Br)c1. The van der Waals surface area contributed by atoms with Crippen LogP contribution in [0.2, 0.25) is 0 Å². The maximum absolute atomic E-state index is 12.2. The standard InChI is InChI=1S/C17H13BrN2OS/c18-15-5-1-3-12(9-15)17(21)20-10-13-4-2-7-19-16(13)14-6-8-22-11-14/h1-9,11H,10H2,(H,20,21). The van der Waals surface area contributed by atoms with E-state index >= 15 is 0 Å². The molecule has 3 aromatic rings. The van der Waals surface area contributed by atoms with Gasteiger partial charge in [-0.05, 0) is 41.3 Å². The molecule has 0 unspecified atom stereocenters. The second kappa shape index (κ2) is 6.85. The third-order valence-corrected chi connectivity index (χ3v) is 4.39. The highest BCUT2D eigenvalue weighted by atomic mass is 79.9. The predicted octanol–water partition coefficient (Wildman–Crippen LogP) is 4.50. The average molecular weight is 373 g/mol. The van der Waals surface area contributed by atoms with Crippen LogP contribution in [0.15, 0.2) is 63.9 Å². The molecule has 3 rings (SSSR count). The van der Waals surface area contributed by atoms with Gasteiger partial charge < -0.3 is 5.32 Å². The normalized spacial score (nSPS) is 10.4. The number of nitrogens with zero attached hydrogens (tertiary/aromatic N) is 1. The van der Waals surface area contributed by atoms with E-state index in [0.717, 1.165) is 21.3 Å². The number of carbonyl (C=O) groups excluding carboxylic acids is 1. The number of carbonyl (C=O) groups is 1. The van der Waals surface area contributed by atoms with Gasteiger partial charge in [-0.3, -0.25) is 9.78 Å². The number of aromatic nitrogens is 1. The van der Waals surface area contributed by atoms with E-state index < -0.39 is 0 Å². The summed E-state index contributed by atoms with van der Waals surface area (Å²) in [5.41, 5.74) is 3.63. The van der Waals surface area contributed by atoms with Gasteiger partial charge in [0.05, 0.1) is 5.69 Å². The van der Waals surface area contributed by atoms with Crippen LogP contribution < -0.4 is 5.32 Å². The van der Waals surface area contributed by atoms with Crippen LogP contribution in [0.4, 0.5) is 0 Å². The number of amides is 1. The van der Waals surface area contributed by atoms with Crippen LogP contribution in [0.3, 0.4) is 0 Å². The maximum atomic E-state index is 12.2. The number of hydrogen-bond donors (Lipinski definition) is 1. The Labute approximate surface area is 141 Å². The minimum Gasteiger partial charge on any atom is -0.348 e. The van der Waals surface area contributed by atoms with Crippen LogP contribution in [-0.2, 0) is 6.54 Å². The highest BCUT2D eigenvalue weighted by molar-refractivity contribution is 9.10. The number of halogens is 1. The van der Waals surface area contributed by atoms with Gasteiger partial charge in [0.25, 0.3) is 5.91 Å². The second-order valence-corrected chi connectivity index (χ2v) is 6.41. The molecule has 0 radical (unpaired) electrons. The van der Waals surface area contributed by atoms with Gasteiger partial charge in [0.1, 0.15) is 0 Å². The zero-order valence-corrected chi connectivity index (χ0v) is 14.0. The van der Waals surface area contributed by atoms with Crippen molar-refractivity contribution in [2.24, 2.45) is 0 Å². The first kappa shape index (κ1) is 14.9. The minimum absolute atomic E-state index is 0.0959. The largest absolute Gasteiger partial charge is 0.348 e.